The van der Waals surface area contributed by atoms with Gasteiger partial charge < -0.3 is 9.30 Å². The van der Waals surface area contributed by atoms with Gasteiger partial charge in [-0.2, -0.15) is 0 Å². The zero-order valence-corrected chi connectivity index (χ0v) is 14.9. The van der Waals surface area contributed by atoms with Gasteiger partial charge in [-0.1, -0.05) is 23.9 Å². The maximum atomic E-state index is 11.6. The lowest BCUT2D eigenvalue weighted by Crippen LogP contribution is -2.02. The van der Waals surface area contributed by atoms with E-state index in [4.69, 9.17) is 4.74 Å². The monoisotopic (exact) mass is 354 g/mol. The zero-order valence-electron chi connectivity index (χ0n) is 14.0. The molecule has 0 saturated carbocycles. The van der Waals surface area contributed by atoms with Crippen LogP contribution in [0.5, 0.6) is 0 Å². The number of ether oxygens (including phenoxy) is 1. The summed E-state index contributed by atoms with van der Waals surface area (Å²) in [6.45, 7) is 2.84. The van der Waals surface area contributed by atoms with Crippen molar-refractivity contribution in [2.24, 2.45) is 0 Å². The molecular formula is C18H18N4O2S. The van der Waals surface area contributed by atoms with E-state index in [2.05, 4.69) is 26.7 Å². The lowest BCUT2D eigenvalue weighted by atomic mass is 10.1. The minimum absolute atomic E-state index is 0.330. The first-order valence-corrected chi connectivity index (χ1v) is 8.85. The zero-order chi connectivity index (χ0) is 17.6. The Labute approximate surface area is 150 Å². The van der Waals surface area contributed by atoms with Crippen molar-refractivity contribution in [3.63, 3.8) is 0 Å². The van der Waals surface area contributed by atoms with E-state index in [0.717, 1.165) is 28.7 Å². The Morgan fingerprint density at radius 2 is 2.00 bits per heavy atom. The smallest absolute Gasteiger partial charge is 0.337 e. The number of aromatic nitrogens is 4. The molecule has 0 unspecified atom stereocenters. The van der Waals surface area contributed by atoms with Crippen LogP contribution in [0.4, 0.5) is 0 Å². The van der Waals surface area contributed by atoms with Crippen LogP contribution >= 0.6 is 11.8 Å². The fraction of sp³-hybridized carbons (Fsp3) is 0.222. The third-order valence-electron chi connectivity index (χ3n) is 3.69. The van der Waals surface area contributed by atoms with Crippen LogP contribution in [0.15, 0.2) is 53.9 Å². The van der Waals surface area contributed by atoms with Crippen LogP contribution in [0.25, 0.3) is 11.4 Å². The van der Waals surface area contributed by atoms with Crippen molar-refractivity contribution in [1.29, 1.82) is 0 Å². The number of hydrogen-bond acceptors (Lipinski definition) is 6. The highest BCUT2D eigenvalue weighted by atomic mass is 32.2. The molecule has 7 heteroatoms. The number of benzene rings is 1. The predicted octanol–water partition coefficient (Wildman–Crippen LogP) is 3.44. The Balaban J connectivity index is 1.78. The molecule has 0 aliphatic heterocycles. The number of carbonyl (C=O) groups is 1. The van der Waals surface area contributed by atoms with E-state index in [0.29, 0.717) is 11.3 Å². The first-order chi connectivity index (χ1) is 12.2. The molecule has 6 nitrogen and oxygen atoms in total. The number of carbonyl (C=O) groups excluding carboxylic acids is 1. The van der Waals surface area contributed by atoms with Crippen molar-refractivity contribution in [2.75, 3.05) is 7.11 Å². The van der Waals surface area contributed by atoms with E-state index in [1.807, 2.05) is 30.3 Å². The van der Waals surface area contributed by atoms with E-state index >= 15 is 0 Å². The molecule has 0 atom stereocenters. The van der Waals surface area contributed by atoms with Crippen LogP contribution in [0, 0.1) is 0 Å². The van der Waals surface area contributed by atoms with E-state index in [1.54, 1.807) is 30.2 Å². The van der Waals surface area contributed by atoms with Gasteiger partial charge in [0.25, 0.3) is 0 Å². The molecule has 0 N–H and O–H groups in total. The summed E-state index contributed by atoms with van der Waals surface area (Å²) in [6, 6.07) is 11.3. The lowest BCUT2D eigenvalue weighted by molar-refractivity contribution is 0.0600. The van der Waals surface area contributed by atoms with E-state index in [1.165, 1.54) is 7.11 Å². The Morgan fingerprint density at radius 1 is 1.20 bits per heavy atom. The molecule has 3 aromatic rings. The molecule has 0 radical (unpaired) electrons. The Morgan fingerprint density at radius 3 is 2.72 bits per heavy atom. The number of thioether (sulfide) groups is 1. The second kappa shape index (κ2) is 7.94. The molecule has 0 amide bonds. The molecular weight excluding hydrogens is 336 g/mol. The third-order valence-corrected chi connectivity index (χ3v) is 4.73. The highest BCUT2D eigenvalue weighted by Crippen LogP contribution is 2.26. The quantitative estimate of drug-likeness (QED) is 0.499. The molecule has 25 heavy (non-hydrogen) atoms. The lowest BCUT2D eigenvalue weighted by Gasteiger charge is -2.07. The first kappa shape index (κ1) is 17.2. The van der Waals surface area contributed by atoms with E-state index in [9.17, 15) is 4.79 Å². The summed E-state index contributed by atoms with van der Waals surface area (Å²) >= 11 is 1.59. The largest absolute Gasteiger partial charge is 0.465 e. The fourth-order valence-electron chi connectivity index (χ4n) is 2.45. The van der Waals surface area contributed by atoms with Gasteiger partial charge in [-0.05, 0) is 36.8 Å². The standard InChI is InChI=1S/C18H18N4O2S/c1-3-22-16(14-7-9-19-10-8-14)20-21-18(22)25-12-13-5-4-6-15(11-13)17(23)24-2/h4-11H,3,12H2,1-2H3. The summed E-state index contributed by atoms with van der Waals surface area (Å²) in [6.07, 6.45) is 3.49. The van der Waals surface area contributed by atoms with Gasteiger partial charge in [0.15, 0.2) is 11.0 Å². The van der Waals surface area contributed by atoms with Crippen LogP contribution < -0.4 is 0 Å². The normalized spacial score (nSPS) is 10.6. The highest BCUT2D eigenvalue weighted by molar-refractivity contribution is 7.98. The average molecular weight is 354 g/mol. The number of hydrogen-bond donors (Lipinski definition) is 0. The van der Waals surface area contributed by atoms with Gasteiger partial charge in [0.2, 0.25) is 0 Å². The topological polar surface area (TPSA) is 69.9 Å². The number of esters is 1. The summed E-state index contributed by atoms with van der Waals surface area (Å²) in [5, 5.41) is 9.48. The number of nitrogens with zero attached hydrogens (tertiary/aromatic N) is 4. The summed E-state index contributed by atoms with van der Waals surface area (Å²) in [4.78, 5) is 15.7. The van der Waals surface area contributed by atoms with Gasteiger partial charge in [0.05, 0.1) is 12.7 Å². The molecule has 1 aromatic carbocycles. The minimum atomic E-state index is -0.330. The average Bonchev–Trinajstić information content (AvgIpc) is 3.09. The Bertz CT molecular complexity index is 865. The first-order valence-electron chi connectivity index (χ1n) is 7.86. The number of methoxy groups -OCH3 is 1. The van der Waals surface area contributed by atoms with Gasteiger partial charge in [-0.25, -0.2) is 4.79 Å². The van der Waals surface area contributed by atoms with Crippen LogP contribution in [-0.2, 0) is 17.0 Å². The molecule has 2 aromatic heterocycles. The number of pyridine rings is 1. The summed E-state index contributed by atoms with van der Waals surface area (Å²) in [7, 11) is 1.38. The second-order valence-electron chi connectivity index (χ2n) is 5.27. The molecule has 0 saturated heterocycles. The molecule has 0 bridgehead atoms. The van der Waals surface area contributed by atoms with Crippen LogP contribution in [0.3, 0.4) is 0 Å². The van der Waals surface area contributed by atoms with Crippen molar-refractivity contribution < 1.29 is 9.53 Å². The van der Waals surface area contributed by atoms with Gasteiger partial charge in [-0.3, -0.25) is 4.98 Å². The third kappa shape index (κ3) is 3.88. The van der Waals surface area contributed by atoms with Crippen LogP contribution in [0.2, 0.25) is 0 Å². The number of rotatable bonds is 6. The van der Waals surface area contributed by atoms with Crippen molar-refractivity contribution in [2.45, 2.75) is 24.4 Å². The van der Waals surface area contributed by atoms with Gasteiger partial charge in [0.1, 0.15) is 0 Å². The Hall–Kier alpha value is -2.67. The highest BCUT2D eigenvalue weighted by Gasteiger charge is 2.13. The van der Waals surface area contributed by atoms with Crippen LogP contribution in [0.1, 0.15) is 22.8 Å². The van der Waals surface area contributed by atoms with Crippen LogP contribution in [-0.4, -0.2) is 32.8 Å². The molecule has 0 spiro atoms. The summed E-state index contributed by atoms with van der Waals surface area (Å²) in [5.74, 6) is 1.19. The Kier molecular flexibility index (Phi) is 5.45. The van der Waals surface area contributed by atoms with Crippen molar-refractivity contribution in [1.82, 2.24) is 19.7 Å². The van der Waals surface area contributed by atoms with E-state index < -0.39 is 0 Å². The summed E-state index contributed by atoms with van der Waals surface area (Å²) in [5.41, 5.74) is 2.57. The summed E-state index contributed by atoms with van der Waals surface area (Å²) < 4.78 is 6.84. The SMILES string of the molecule is CCn1c(SCc2cccc(C(=O)OC)c2)nnc1-c1ccncc1. The van der Waals surface area contributed by atoms with Gasteiger partial charge in [-0.15, -0.1) is 10.2 Å². The molecule has 128 valence electrons. The molecule has 2 heterocycles. The maximum Gasteiger partial charge on any atom is 0.337 e. The molecule has 0 fully saturated rings. The maximum absolute atomic E-state index is 11.6. The molecule has 0 aliphatic rings. The minimum Gasteiger partial charge on any atom is -0.465 e. The fourth-order valence-corrected chi connectivity index (χ4v) is 3.39. The molecule has 0 aliphatic carbocycles. The van der Waals surface area contributed by atoms with Crippen molar-refractivity contribution >= 4 is 17.7 Å². The predicted molar refractivity (Wildman–Crippen MR) is 96.3 cm³/mol. The second-order valence-corrected chi connectivity index (χ2v) is 6.21. The van der Waals surface area contributed by atoms with Gasteiger partial charge in [0, 0.05) is 30.3 Å². The van der Waals surface area contributed by atoms with E-state index in [-0.39, 0.29) is 5.97 Å². The van der Waals surface area contributed by atoms with Crippen molar-refractivity contribution in [3.8, 4) is 11.4 Å². The molecule has 3 rings (SSSR count). The van der Waals surface area contributed by atoms with Gasteiger partial charge >= 0.3 is 5.97 Å². The van der Waals surface area contributed by atoms with Crippen molar-refractivity contribution in [3.05, 3.63) is 59.9 Å².